The molecular formula is C26H45N. The van der Waals surface area contributed by atoms with Gasteiger partial charge in [-0.15, -0.1) is 0 Å². The molecule has 154 valence electrons. The zero-order chi connectivity index (χ0) is 19.1. The topological polar surface area (TPSA) is 23.8 Å². The number of hydrogen-bond acceptors (Lipinski definition) is 1. The van der Waals surface area contributed by atoms with Gasteiger partial charge in [0.15, 0.2) is 0 Å². The van der Waals surface area contributed by atoms with Crippen LogP contribution in [0.4, 0.5) is 0 Å². The van der Waals surface area contributed by atoms with Crippen LogP contribution in [0.1, 0.15) is 123 Å². The number of nitrogens with zero attached hydrogens (tertiary/aromatic N) is 1. The fraction of sp³-hybridized carbons (Fsp3) is 0.962. The van der Waals surface area contributed by atoms with E-state index in [1.165, 1.54) is 109 Å². The van der Waals surface area contributed by atoms with Crippen molar-refractivity contribution in [3.8, 4) is 6.07 Å². The summed E-state index contributed by atoms with van der Waals surface area (Å²) in [5.74, 6) is 4.93. The third-order valence-corrected chi connectivity index (χ3v) is 8.83. The van der Waals surface area contributed by atoms with Gasteiger partial charge < -0.3 is 0 Å². The molecule has 3 aliphatic carbocycles. The Morgan fingerprint density at radius 3 is 2.19 bits per heavy atom. The molecule has 3 saturated carbocycles. The average molecular weight is 372 g/mol. The van der Waals surface area contributed by atoms with E-state index in [4.69, 9.17) is 0 Å². The van der Waals surface area contributed by atoms with Crippen LogP contribution in [0.2, 0.25) is 0 Å². The summed E-state index contributed by atoms with van der Waals surface area (Å²) in [5, 5.41) is 9.96. The van der Waals surface area contributed by atoms with E-state index >= 15 is 0 Å². The van der Waals surface area contributed by atoms with E-state index in [9.17, 15) is 5.26 Å². The molecule has 3 aliphatic rings. The highest BCUT2D eigenvalue weighted by atomic mass is 14.5. The molecule has 0 N–H and O–H groups in total. The van der Waals surface area contributed by atoms with Crippen molar-refractivity contribution in [1.29, 1.82) is 5.26 Å². The summed E-state index contributed by atoms with van der Waals surface area (Å²) in [4.78, 5) is 0. The molecule has 3 rings (SSSR count). The van der Waals surface area contributed by atoms with Gasteiger partial charge in [-0.2, -0.15) is 5.26 Å². The fourth-order valence-corrected chi connectivity index (χ4v) is 7.11. The summed E-state index contributed by atoms with van der Waals surface area (Å²) in [6.07, 6.45) is 23.5. The minimum Gasteiger partial charge on any atom is -0.198 e. The van der Waals surface area contributed by atoms with E-state index < -0.39 is 0 Å². The number of nitriles is 1. The van der Waals surface area contributed by atoms with E-state index in [0.717, 1.165) is 29.6 Å². The summed E-state index contributed by atoms with van der Waals surface area (Å²) in [7, 11) is 0. The molecule has 1 heteroatoms. The quantitative estimate of drug-likeness (QED) is 0.394. The van der Waals surface area contributed by atoms with Gasteiger partial charge in [0, 0.05) is 0 Å². The smallest absolute Gasteiger partial charge is 0.0689 e. The molecule has 0 spiro atoms. The maximum atomic E-state index is 9.96. The average Bonchev–Trinajstić information content (AvgIpc) is 2.72. The van der Waals surface area contributed by atoms with Gasteiger partial charge in [-0.05, 0) is 87.4 Å². The standard InChI is InChI=1S/C26H45N/c1-3-5-6-7-16-26(20-27)17-15-24-18-23(13-14-25(24)19-26)22-11-9-21(8-4-2)10-12-22/h21-25H,3-19H2,1-2H3/t21?,22?,23-,24+,25+,26-/m0/s1. The van der Waals surface area contributed by atoms with Crippen molar-refractivity contribution in [2.45, 2.75) is 123 Å². The first kappa shape index (κ1) is 21.2. The lowest BCUT2D eigenvalue weighted by molar-refractivity contribution is 0.0378. The Morgan fingerprint density at radius 2 is 1.48 bits per heavy atom. The van der Waals surface area contributed by atoms with Crippen molar-refractivity contribution in [3.63, 3.8) is 0 Å². The van der Waals surface area contributed by atoms with Gasteiger partial charge in [0.25, 0.3) is 0 Å². The Kier molecular flexibility index (Phi) is 8.10. The summed E-state index contributed by atoms with van der Waals surface area (Å²) in [5.41, 5.74) is 0.0416. The number of hydrogen-bond donors (Lipinski definition) is 0. The fourth-order valence-electron chi connectivity index (χ4n) is 7.11. The van der Waals surface area contributed by atoms with Crippen LogP contribution in [0, 0.1) is 46.3 Å². The van der Waals surface area contributed by atoms with Gasteiger partial charge in [0.05, 0.1) is 11.5 Å². The highest BCUT2D eigenvalue weighted by Crippen LogP contribution is 2.53. The molecule has 0 amide bonds. The molecule has 3 fully saturated rings. The second kappa shape index (κ2) is 10.3. The third kappa shape index (κ3) is 5.52. The first-order valence-corrected chi connectivity index (χ1v) is 12.6. The van der Waals surface area contributed by atoms with Crippen molar-refractivity contribution >= 4 is 0 Å². The summed E-state index contributed by atoms with van der Waals surface area (Å²) in [6, 6.07) is 2.82. The molecule has 1 nitrogen and oxygen atoms in total. The maximum absolute atomic E-state index is 9.96. The lowest BCUT2D eigenvalue weighted by Crippen LogP contribution is -2.38. The zero-order valence-corrected chi connectivity index (χ0v) is 18.4. The first-order chi connectivity index (χ1) is 13.2. The largest absolute Gasteiger partial charge is 0.198 e. The van der Waals surface area contributed by atoms with Gasteiger partial charge >= 0.3 is 0 Å². The normalized spacial score (nSPS) is 39.5. The molecule has 0 saturated heterocycles. The Hall–Kier alpha value is -0.510. The van der Waals surface area contributed by atoms with E-state index in [0.29, 0.717) is 0 Å². The van der Waals surface area contributed by atoms with Crippen molar-refractivity contribution in [1.82, 2.24) is 0 Å². The van der Waals surface area contributed by atoms with Gasteiger partial charge in [0.2, 0.25) is 0 Å². The number of fused-ring (bicyclic) bond motifs is 1. The van der Waals surface area contributed by atoms with Gasteiger partial charge in [-0.3, -0.25) is 0 Å². The van der Waals surface area contributed by atoms with Crippen LogP contribution in [0.3, 0.4) is 0 Å². The summed E-state index contributed by atoms with van der Waals surface area (Å²) in [6.45, 7) is 4.63. The molecule has 0 unspecified atom stereocenters. The van der Waals surface area contributed by atoms with Crippen LogP contribution < -0.4 is 0 Å². The van der Waals surface area contributed by atoms with Crippen LogP contribution in [0.25, 0.3) is 0 Å². The number of unbranched alkanes of at least 4 members (excludes halogenated alkanes) is 3. The zero-order valence-electron chi connectivity index (χ0n) is 18.4. The van der Waals surface area contributed by atoms with E-state index in [2.05, 4.69) is 19.9 Å². The Bertz CT molecular complexity index is 469. The van der Waals surface area contributed by atoms with E-state index in [1.807, 2.05) is 0 Å². The van der Waals surface area contributed by atoms with E-state index in [1.54, 1.807) is 0 Å². The molecule has 0 aromatic rings. The maximum Gasteiger partial charge on any atom is 0.0689 e. The van der Waals surface area contributed by atoms with Crippen LogP contribution >= 0.6 is 0 Å². The molecule has 27 heavy (non-hydrogen) atoms. The molecule has 4 atom stereocenters. The Balaban J connectivity index is 1.46. The predicted molar refractivity (Wildman–Crippen MR) is 115 cm³/mol. The lowest BCUT2D eigenvalue weighted by atomic mass is 9.57. The molecule has 0 radical (unpaired) electrons. The number of rotatable bonds is 8. The molecule has 0 aliphatic heterocycles. The summed E-state index contributed by atoms with van der Waals surface area (Å²) >= 11 is 0. The monoisotopic (exact) mass is 371 g/mol. The second-order valence-corrected chi connectivity index (χ2v) is 10.6. The minimum atomic E-state index is 0.0416. The van der Waals surface area contributed by atoms with Crippen molar-refractivity contribution < 1.29 is 0 Å². The molecule has 0 bridgehead atoms. The molecule has 0 aromatic carbocycles. The van der Waals surface area contributed by atoms with Gasteiger partial charge in [0.1, 0.15) is 0 Å². The van der Waals surface area contributed by atoms with E-state index in [-0.39, 0.29) is 5.41 Å². The van der Waals surface area contributed by atoms with Crippen LogP contribution in [0.15, 0.2) is 0 Å². The molecule has 0 aromatic heterocycles. The van der Waals surface area contributed by atoms with Gasteiger partial charge in [-0.25, -0.2) is 0 Å². The van der Waals surface area contributed by atoms with Crippen molar-refractivity contribution in [3.05, 3.63) is 0 Å². The highest BCUT2D eigenvalue weighted by molar-refractivity contribution is 5.04. The van der Waals surface area contributed by atoms with Crippen LogP contribution in [-0.4, -0.2) is 0 Å². The van der Waals surface area contributed by atoms with Gasteiger partial charge in [-0.1, -0.05) is 65.2 Å². The SMILES string of the molecule is CCCCCC[C@]1(C#N)CC[C@@H]2C[C@@H](C3CCC(CCC)CC3)CC[C@@H]2C1. The summed E-state index contributed by atoms with van der Waals surface area (Å²) < 4.78 is 0. The minimum absolute atomic E-state index is 0.0416. The second-order valence-electron chi connectivity index (χ2n) is 10.6. The first-order valence-electron chi connectivity index (χ1n) is 12.6. The highest BCUT2D eigenvalue weighted by Gasteiger charge is 2.44. The Labute approximate surface area is 169 Å². The predicted octanol–water partition coefficient (Wildman–Crippen LogP) is 8.29. The third-order valence-electron chi connectivity index (χ3n) is 8.83. The van der Waals surface area contributed by atoms with Crippen molar-refractivity contribution in [2.24, 2.45) is 35.0 Å². The van der Waals surface area contributed by atoms with Crippen LogP contribution in [0.5, 0.6) is 0 Å². The van der Waals surface area contributed by atoms with Crippen LogP contribution in [-0.2, 0) is 0 Å². The Morgan fingerprint density at radius 1 is 0.778 bits per heavy atom. The lowest BCUT2D eigenvalue weighted by Gasteiger charge is -2.47. The van der Waals surface area contributed by atoms with Crippen molar-refractivity contribution in [2.75, 3.05) is 0 Å². The molecular weight excluding hydrogens is 326 g/mol. The molecule has 0 heterocycles.